The highest BCUT2D eigenvalue weighted by molar-refractivity contribution is 8.04. The molecule has 0 radical (unpaired) electrons. The van der Waals surface area contributed by atoms with Gasteiger partial charge in [-0.1, -0.05) is 36.0 Å². The lowest BCUT2D eigenvalue weighted by Crippen LogP contribution is -2.25. The summed E-state index contributed by atoms with van der Waals surface area (Å²) in [7, 11) is 1.69. The van der Waals surface area contributed by atoms with Crippen LogP contribution < -0.4 is 10.1 Å². The Hall–Kier alpha value is -2.63. The van der Waals surface area contributed by atoms with E-state index in [0.717, 1.165) is 27.1 Å². The van der Waals surface area contributed by atoms with Gasteiger partial charge in [0.05, 0.1) is 12.6 Å². The molecule has 0 amide bonds. The zero-order valence-corrected chi connectivity index (χ0v) is 16.1. The molecule has 1 N–H and O–H groups in total. The summed E-state index contributed by atoms with van der Waals surface area (Å²) in [6, 6.07) is 18.7. The number of nitrogens with zero attached hydrogens (tertiary/aromatic N) is 2. The second-order valence-electron chi connectivity index (χ2n) is 6.42. The molecule has 136 valence electrons. The molecule has 5 heteroatoms. The molecule has 2 heterocycles. The minimum atomic E-state index is 0.0135. The number of aliphatic imine (C=N–C) groups is 1. The lowest BCUT2D eigenvalue weighted by Gasteiger charge is -2.18. The molecule has 2 atom stereocenters. The van der Waals surface area contributed by atoms with Crippen molar-refractivity contribution >= 4 is 35.0 Å². The van der Waals surface area contributed by atoms with E-state index in [4.69, 9.17) is 4.74 Å². The Bertz CT molecular complexity index is 1020. The lowest BCUT2D eigenvalue weighted by atomic mass is 10.1. The van der Waals surface area contributed by atoms with Crippen molar-refractivity contribution in [3.63, 3.8) is 0 Å². The van der Waals surface area contributed by atoms with Crippen LogP contribution in [0.3, 0.4) is 0 Å². The van der Waals surface area contributed by atoms with E-state index < -0.39 is 0 Å². The van der Waals surface area contributed by atoms with Gasteiger partial charge in [-0.2, -0.15) is 0 Å². The average molecular weight is 375 g/mol. The average Bonchev–Trinajstić information content (AvgIpc) is 3.14. The van der Waals surface area contributed by atoms with Gasteiger partial charge in [-0.05, 0) is 54.5 Å². The normalized spacial score (nSPS) is 18.9. The molecule has 2 unspecified atom stereocenters. The monoisotopic (exact) mass is 375 g/mol. The number of methoxy groups -OCH3 is 1. The number of nitrogens with one attached hydrogen (secondary N) is 1. The van der Waals surface area contributed by atoms with Crippen LogP contribution in [0.15, 0.2) is 70.7 Å². The van der Waals surface area contributed by atoms with Crippen LogP contribution in [0.4, 0.5) is 0 Å². The summed E-state index contributed by atoms with van der Waals surface area (Å²) in [5.41, 5.74) is 3.37. The standard InChI is InChI=1S/C22H21N3OS/c1-15(17-5-3-7-19(13-17)26-2)25-22-24-14-20(27-22)12-16-8-9-21-18(11-16)6-4-10-23-21/h3-15,22,25H,1-2H3/b20-12-. The van der Waals surface area contributed by atoms with Crippen LogP contribution in [0.5, 0.6) is 5.75 Å². The van der Waals surface area contributed by atoms with E-state index in [1.807, 2.05) is 30.6 Å². The van der Waals surface area contributed by atoms with Crippen molar-refractivity contribution in [1.29, 1.82) is 0 Å². The number of benzene rings is 2. The van der Waals surface area contributed by atoms with Crippen LogP contribution in [0.2, 0.25) is 0 Å². The van der Waals surface area contributed by atoms with E-state index in [1.165, 1.54) is 5.56 Å². The third kappa shape index (κ3) is 4.21. The van der Waals surface area contributed by atoms with Gasteiger partial charge in [0, 0.05) is 28.7 Å². The minimum Gasteiger partial charge on any atom is -0.497 e. The van der Waals surface area contributed by atoms with Crippen LogP contribution in [-0.4, -0.2) is 23.8 Å². The van der Waals surface area contributed by atoms with Crippen molar-refractivity contribution in [3.8, 4) is 5.75 Å². The molecule has 27 heavy (non-hydrogen) atoms. The summed E-state index contributed by atoms with van der Waals surface area (Å²) >= 11 is 1.72. The fourth-order valence-electron chi connectivity index (χ4n) is 3.05. The predicted octanol–water partition coefficient (Wildman–Crippen LogP) is 5.04. The molecule has 0 aliphatic carbocycles. The van der Waals surface area contributed by atoms with Gasteiger partial charge in [-0.15, -0.1) is 0 Å². The molecular formula is C22H21N3OS. The highest BCUT2D eigenvalue weighted by atomic mass is 32.2. The Morgan fingerprint density at radius 3 is 2.96 bits per heavy atom. The number of rotatable bonds is 5. The van der Waals surface area contributed by atoms with Gasteiger partial charge in [-0.3, -0.25) is 15.3 Å². The van der Waals surface area contributed by atoms with Gasteiger partial charge in [0.1, 0.15) is 5.75 Å². The summed E-state index contributed by atoms with van der Waals surface area (Å²) in [5.74, 6) is 0.870. The highest BCUT2D eigenvalue weighted by Gasteiger charge is 2.18. The molecule has 1 aromatic heterocycles. The van der Waals surface area contributed by atoms with E-state index in [9.17, 15) is 0 Å². The summed E-state index contributed by atoms with van der Waals surface area (Å²) in [5, 5.41) is 4.70. The molecule has 1 aliphatic heterocycles. The van der Waals surface area contributed by atoms with Crippen molar-refractivity contribution in [2.75, 3.05) is 7.11 Å². The van der Waals surface area contributed by atoms with Crippen molar-refractivity contribution in [2.24, 2.45) is 4.99 Å². The maximum Gasteiger partial charge on any atom is 0.151 e. The maximum absolute atomic E-state index is 5.31. The first kappa shape index (κ1) is 17.8. The Kier molecular flexibility index (Phi) is 5.23. The molecule has 3 aromatic rings. The zero-order chi connectivity index (χ0) is 18.6. The lowest BCUT2D eigenvalue weighted by molar-refractivity contribution is 0.413. The molecule has 4 rings (SSSR count). The fourth-order valence-corrected chi connectivity index (χ4v) is 4.03. The number of aromatic nitrogens is 1. The van der Waals surface area contributed by atoms with E-state index in [1.54, 1.807) is 18.9 Å². The first-order chi connectivity index (χ1) is 13.2. The van der Waals surface area contributed by atoms with Gasteiger partial charge in [0.15, 0.2) is 5.50 Å². The first-order valence-electron chi connectivity index (χ1n) is 8.87. The summed E-state index contributed by atoms with van der Waals surface area (Å²) < 4.78 is 5.31. The van der Waals surface area contributed by atoms with E-state index in [2.05, 4.69) is 64.7 Å². The molecule has 0 bridgehead atoms. The predicted molar refractivity (Wildman–Crippen MR) is 114 cm³/mol. The number of ether oxygens (including phenoxy) is 1. The molecule has 4 nitrogen and oxygen atoms in total. The topological polar surface area (TPSA) is 46.5 Å². The first-order valence-corrected chi connectivity index (χ1v) is 9.75. The van der Waals surface area contributed by atoms with E-state index in [-0.39, 0.29) is 11.5 Å². The maximum atomic E-state index is 5.31. The Morgan fingerprint density at radius 2 is 2.07 bits per heavy atom. The quantitative estimate of drug-likeness (QED) is 0.679. The molecule has 0 spiro atoms. The number of hydrogen-bond acceptors (Lipinski definition) is 5. The number of pyridine rings is 1. The van der Waals surface area contributed by atoms with Crippen LogP contribution >= 0.6 is 11.8 Å². The van der Waals surface area contributed by atoms with Crippen LogP contribution in [0, 0.1) is 0 Å². The third-order valence-electron chi connectivity index (χ3n) is 4.51. The summed E-state index contributed by atoms with van der Waals surface area (Å²) in [6.07, 6.45) is 5.92. The van der Waals surface area contributed by atoms with Gasteiger partial charge in [-0.25, -0.2) is 0 Å². The molecule has 0 saturated heterocycles. The van der Waals surface area contributed by atoms with Crippen molar-refractivity contribution in [3.05, 3.63) is 76.8 Å². The minimum absolute atomic E-state index is 0.0135. The fraction of sp³-hybridized carbons (Fsp3) is 0.182. The third-order valence-corrected chi connectivity index (χ3v) is 5.48. The van der Waals surface area contributed by atoms with Gasteiger partial charge >= 0.3 is 0 Å². The highest BCUT2D eigenvalue weighted by Crippen LogP contribution is 2.30. The summed E-state index contributed by atoms with van der Waals surface area (Å²) in [6.45, 7) is 2.14. The zero-order valence-electron chi connectivity index (χ0n) is 15.3. The SMILES string of the molecule is COc1cccc(C(C)NC2N=C/C(=C/c3ccc4ncccc4c3)S2)c1. The van der Waals surface area contributed by atoms with Crippen LogP contribution in [0.1, 0.15) is 24.1 Å². The van der Waals surface area contributed by atoms with Crippen LogP contribution in [0.25, 0.3) is 17.0 Å². The Balaban J connectivity index is 1.43. The van der Waals surface area contributed by atoms with E-state index >= 15 is 0 Å². The second kappa shape index (κ2) is 7.94. The largest absolute Gasteiger partial charge is 0.497 e. The Labute approximate surface area is 163 Å². The molecule has 0 saturated carbocycles. The summed E-state index contributed by atoms with van der Waals surface area (Å²) in [4.78, 5) is 10.1. The number of allylic oxidation sites excluding steroid dienone is 1. The second-order valence-corrected chi connectivity index (χ2v) is 7.57. The number of hydrogen-bond donors (Lipinski definition) is 1. The molecule has 0 fully saturated rings. The van der Waals surface area contributed by atoms with Crippen molar-refractivity contribution in [1.82, 2.24) is 10.3 Å². The van der Waals surface area contributed by atoms with Crippen LogP contribution in [-0.2, 0) is 0 Å². The van der Waals surface area contributed by atoms with Gasteiger partial charge in [0.2, 0.25) is 0 Å². The van der Waals surface area contributed by atoms with E-state index in [0.29, 0.717) is 0 Å². The van der Waals surface area contributed by atoms with Crippen molar-refractivity contribution in [2.45, 2.75) is 18.5 Å². The number of thioether (sulfide) groups is 1. The molecular weight excluding hydrogens is 354 g/mol. The smallest absolute Gasteiger partial charge is 0.151 e. The molecule has 1 aliphatic rings. The number of fused-ring (bicyclic) bond motifs is 1. The Morgan fingerprint density at radius 1 is 1.15 bits per heavy atom. The molecule has 2 aromatic carbocycles. The van der Waals surface area contributed by atoms with Crippen molar-refractivity contribution < 1.29 is 4.74 Å². The van der Waals surface area contributed by atoms with Gasteiger partial charge < -0.3 is 4.74 Å². The van der Waals surface area contributed by atoms with Gasteiger partial charge in [0.25, 0.3) is 0 Å².